The molecular weight excluding hydrogens is 148 g/mol. The molecule has 1 aliphatic carbocycles. The predicted molar refractivity (Wildman–Crippen MR) is 49.4 cm³/mol. The summed E-state index contributed by atoms with van der Waals surface area (Å²) in [7, 11) is 0. The Morgan fingerprint density at radius 1 is 1.00 bits per heavy atom. The van der Waals surface area contributed by atoms with Crippen LogP contribution in [0.15, 0.2) is 48.0 Å². The minimum absolute atomic E-state index is 0.996. The van der Waals surface area contributed by atoms with Crippen LogP contribution in [0.3, 0.4) is 0 Å². The largest absolute Gasteiger partial charge is 0.465 e. The van der Waals surface area contributed by atoms with E-state index in [0.717, 1.165) is 25.0 Å². The quantitative estimate of drug-likeness (QED) is 0.535. The van der Waals surface area contributed by atoms with Gasteiger partial charge in [-0.25, -0.2) is 0 Å². The monoisotopic (exact) mass is 160 g/mol. The van der Waals surface area contributed by atoms with Crippen LogP contribution in [0.5, 0.6) is 0 Å². The zero-order valence-corrected chi connectivity index (χ0v) is 6.99. The van der Waals surface area contributed by atoms with Gasteiger partial charge in [0.1, 0.15) is 5.76 Å². The molecule has 2 rings (SSSR count). The highest BCUT2D eigenvalue weighted by Gasteiger charge is 2.07. The minimum Gasteiger partial charge on any atom is -0.465 e. The van der Waals surface area contributed by atoms with Crippen molar-refractivity contribution in [2.45, 2.75) is 19.3 Å². The summed E-state index contributed by atoms with van der Waals surface area (Å²) < 4.78 is 5.40. The summed E-state index contributed by atoms with van der Waals surface area (Å²) in [4.78, 5) is 0. The number of hydrogen-bond donors (Lipinski definition) is 0. The molecule has 0 atom stereocenters. The third kappa shape index (κ3) is 1.50. The molecule has 0 aromatic heterocycles. The Kier molecular flexibility index (Phi) is 2.12. The fourth-order valence-electron chi connectivity index (χ4n) is 1.41. The molecular formula is C11H12O. The van der Waals surface area contributed by atoms with Crippen LogP contribution in [0, 0.1) is 0 Å². The molecule has 0 unspecified atom stereocenters. The maximum atomic E-state index is 5.40. The average Bonchev–Trinajstić information content (AvgIpc) is 2.21. The Labute approximate surface area is 72.7 Å². The lowest BCUT2D eigenvalue weighted by atomic mass is 10.0. The van der Waals surface area contributed by atoms with Crippen molar-refractivity contribution in [1.29, 1.82) is 0 Å². The Balaban J connectivity index is 2.08. The normalized spacial score (nSPS) is 21.3. The zero-order chi connectivity index (χ0) is 8.23. The molecule has 1 heteroatoms. The number of allylic oxidation sites excluding steroid dienone is 6. The third-order valence-electron chi connectivity index (χ3n) is 2.05. The minimum atomic E-state index is 0.996. The van der Waals surface area contributed by atoms with E-state index in [2.05, 4.69) is 24.3 Å². The van der Waals surface area contributed by atoms with Crippen LogP contribution in [0.4, 0.5) is 0 Å². The molecule has 1 heterocycles. The third-order valence-corrected chi connectivity index (χ3v) is 2.05. The van der Waals surface area contributed by atoms with Crippen LogP contribution < -0.4 is 0 Å². The molecule has 0 aromatic carbocycles. The van der Waals surface area contributed by atoms with Gasteiger partial charge in [-0.05, 0) is 37.0 Å². The van der Waals surface area contributed by atoms with E-state index in [-0.39, 0.29) is 0 Å². The predicted octanol–water partition coefficient (Wildman–Crippen LogP) is 3.08. The Hall–Kier alpha value is -1.24. The highest BCUT2D eigenvalue weighted by atomic mass is 16.5. The van der Waals surface area contributed by atoms with Gasteiger partial charge in [-0.15, -0.1) is 0 Å². The van der Waals surface area contributed by atoms with E-state index in [9.17, 15) is 0 Å². The Morgan fingerprint density at radius 3 is 2.58 bits per heavy atom. The molecule has 0 N–H and O–H groups in total. The second kappa shape index (κ2) is 3.44. The standard InChI is InChI=1S/C11H12O/c1-2-6-10(7-3-1)11-8-4-5-9-12-11/h1-2,5,7-9H,3-4,6H2. The molecule has 2 aliphatic rings. The first-order valence-electron chi connectivity index (χ1n) is 4.33. The van der Waals surface area contributed by atoms with Crippen molar-refractivity contribution in [1.82, 2.24) is 0 Å². The Morgan fingerprint density at radius 2 is 1.92 bits per heavy atom. The van der Waals surface area contributed by atoms with Crippen molar-refractivity contribution < 1.29 is 4.74 Å². The van der Waals surface area contributed by atoms with E-state index in [0.29, 0.717) is 0 Å². The van der Waals surface area contributed by atoms with E-state index < -0.39 is 0 Å². The van der Waals surface area contributed by atoms with E-state index >= 15 is 0 Å². The van der Waals surface area contributed by atoms with Crippen LogP contribution in [-0.2, 0) is 4.74 Å². The van der Waals surface area contributed by atoms with Crippen molar-refractivity contribution in [2.24, 2.45) is 0 Å². The van der Waals surface area contributed by atoms with Gasteiger partial charge >= 0.3 is 0 Å². The fourth-order valence-corrected chi connectivity index (χ4v) is 1.41. The van der Waals surface area contributed by atoms with E-state index in [1.54, 1.807) is 6.26 Å². The molecule has 62 valence electrons. The van der Waals surface area contributed by atoms with E-state index in [4.69, 9.17) is 4.74 Å². The van der Waals surface area contributed by atoms with Crippen molar-refractivity contribution >= 4 is 0 Å². The second-order valence-corrected chi connectivity index (χ2v) is 2.93. The number of ether oxygens (including phenoxy) is 1. The fraction of sp³-hybridized carbons (Fsp3) is 0.273. The summed E-state index contributed by atoms with van der Waals surface area (Å²) in [5, 5.41) is 0. The topological polar surface area (TPSA) is 9.23 Å². The zero-order valence-electron chi connectivity index (χ0n) is 6.99. The molecule has 0 spiro atoms. The van der Waals surface area contributed by atoms with Gasteiger partial charge < -0.3 is 4.74 Å². The smallest absolute Gasteiger partial charge is 0.126 e. The highest BCUT2D eigenvalue weighted by molar-refractivity contribution is 5.32. The Bertz CT molecular complexity index is 249. The van der Waals surface area contributed by atoms with Gasteiger partial charge in [-0.3, -0.25) is 0 Å². The first-order chi connectivity index (χ1) is 5.97. The maximum Gasteiger partial charge on any atom is 0.126 e. The van der Waals surface area contributed by atoms with Crippen molar-refractivity contribution in [3.63, 3.8) is 0 Å². The van der Waals surface area contributed by atoms with Gasteiger partial charge in [0.25, 0.3) is 0 Å². The summed E-state index contributed by atoms with van der Waals surface area (Å²) in [6.07, 6.45) is 15.6. The molecule has 1 aliphatic heterocycles. The van der Waals surface area contributed by atoms with E-state index in [1.807, 2.05) is 6.08 Å². The van der Waals surface area contributed by atoms with Gasteiger partial charge in [0.15, 0.2) is 0 Å². The van der Waals surface area contributed by atoms with Gasteiger partial charge in [0, 0.05) is 0 Å². The van der Waals surface area contributed by atoms with Gasteiger partial charge in [-0.2, -0.15) is 0 Å². The molecule has 1 nitrogen and oxygen atoms in total. The highest BCUT2D eigenvalue weighted by Crippen LogP contribution is 2.23. The van der Waals surface area contributed by atoms with Crippen molar-refractivity contribution in [3.8, 4) is 0 Å². The summed E-state index contributed by atoms with van der Waals surface area (Å²) in [6.45, 7) is 0. The van der Waals surface area contributed by atoms with Crippen LogP contribution in [0.1, 0.15) is 19.3 Å². The molecule has 0 radical (unpaired) electrons. The van der Waals surface area contributed by atoms with Crippen LogP contribution in [-0.4, -0.2) is 0 Å². The first-order valence-corrected chi connectivity index (χ1v) is 4.33. The summed E-state index contributed by atoms with van der Waals surface area (Å²) in [5.74, 6) is 1.04. The molecule has 0 bridgehead atoms. The molecule has 0 saturated carbocycles. The average molecular weight is 160 g/mol. The molecule has 0 amide bonds. The number of hydrogen-bond acceptors (Lipinski definition) is 1. The van der Waals surface area contributed by atoms with Gasteiger partial charge in [-0.1, -0.05) is 18.2 Å². The lowest BCUT2D eigenvalue weighted by Gasteiger charge is -2.13. The molecule has 0 fully saturated rings. The first kappa shape index (κ1) is 7.41. The van der Waals surface area contributed by atoms with Crippen LogP contribution >= 0.6 is 0 Å². The SMILES string of the molecule is C1=CCC(C2=CCC=CO2)=CC1. The van der Waals surface area contributed by atoms with Crippen molar-refractivity contribution in [3.05, 3.63) is 48.0 Å². The second-order valence-electron chi connectivity index (χ2n) is 2.93. The van der Waals surface area contributed by atoms with Gasteiger partial charge in [0.05, 0.1) is 6.26 Å². The molecule has 0 saturated heterocycles. The van der Waals surface area contributed by atoms with Crippen LogP contribution in [0.2, 0.25) is 0 Å². The number of rotatable bonds is 1. The van der Waals surface area contributed by atoms with E-state index in [1.165, 1.54) is 5.57 Å². The van der Waals surface area contributed by atoms with Crippen molar-refractivity contribution in [2.75, 3.05) is 0 Å². The maximum absolute atomic E-state index is 5.40. The summed E-state index contributed by atoms with van der Waals surface area (Å²) in [6, 6.07) is 0. The summed E-state index contributed by atoms with van der Waals surface area (Å²) >= 11 is 0. The lowest BCUT2D eigenvalue weighted by Crippen LogP contribution is -1.96. The van der Waals surface area contributed by atoms with Gasteiger partial charge in [0.2, 0.25) is 0 Å². The summed E-state index contributed by atoms with van der Waals surface area (Å²) in [5.41, 5.74) is 1.32. The molecule has 0 aromatic rings. The van der Waals surface area contributed by atoms with Crippen LogP contribution in [0.25, 0.3) is 0 Å². The lowest BCUT2D eigenvalue weighted by molar-refractivity contribution is 0.350. The molecule has 12 heavy (non-hydrogen) atoms.